The summed E-state index contributed by atoms with van der Waals surface area (Å²) in [5.74, 6) is 0.329. The topological polar surface area (TPSA) is 101 Å². The van der Waals surface area contributed by atoms with E-state index in [0.717, 1.165) is 0 Å². The van der Waals surface area contributed by atoms with Gasteiger partial charge in [0.15, 0.2) is 0 Å². The maximum absolute atomic E-state index is 12.2. The summed E-state index contributed by atoms with van der Waals surface area (Å²) in [5, 5.41) is 4.79. The lowest BCUT2D eigenvalue weighted by atomic mass is 10.2. The van der Waals surface area contributed by atoms with E-state index < -0.39 is 15.9 Å². The van der Waals surface area contributed by atoms with Crippen molar-refractivity contribution < 1.29 is 17.6 Å². The molecule has 3 rings (SSSR count). The normalized spacial score (nSPS) is 11.7. The van der Waals surface area contributed by atoms with Crippen molar-refractivity contribution in [2.45, 2.75) is 11.4 Å². The van der Waals surface area contributed by atoms with Gasteiger partial charge in [0.2, 0.25) is 10.0 Å². The minimum atomic E-state index is -3.70. The van der Waals surface area contributed by atoms with Crippen LogP contribution in [0.2, 0.25) is 10.0 Å². The van der Waals surface area contributed by atoms with E-state index in [9.17, 15) is 13.2 Å². The summed E-state index contributed by atoms with van der Waals surface area (Å²) >= 11 is 11.5. The fraction of sp³-hybridized carbons (Fsp3) is 0.0526. The SMILES string of the molecule is O=C(N/N=C\c1ccc(CNS(=O)(=O)c2ccc(Cl)cc2)o1)c1ccc(Cl)cc1. The molecule has 0 radical (unpaired) electrons. The molecule has 1 aromatic heterocycles. The predicted molar refractivity (Wildman–Crippen MR) is 111 cm³/mol. The molecule has 0 saturated carbocycles. The molecule has 1 amide bonds. The van der Waals surface area contributed by atoms with Gasteiger partial charge in [-0.15, -0.1) is 0 Å². The van der Waals surface area contributed by atoms with Gasteiger partial charge >= 0.3 is 0 Å². The van der Waals surface area contributed by atoms with Crippen molar-refractivity contribution >= 4 is 45.3 Å². The van der Waals surface area contributed by atoms with Crippen molar-refractivity contribution in [3.8, 4) is 0 Å². The first-order valence-corrected chi connectivity index (χ1v) is 10.5. The van der Waals surface area contributed by atoms with Crippen molar-refractivity contribution in [3.05, 3.63) is 87.8 Å². The lowest BCUT2D eigenvalue weighted by Gasteiger charge is -2.05. The molecule has 7 nitrogen and oxygen atoms in total. The molecule has 2 aromatic carbocycles. The van der Waals surface area contributed by atoms with Gasteiger partial charge in [0, 0.05) is 15.6 Å². The van der Waals surface area contributed by atoms with E-state index in [1.165, 1.54) is 30.5 Å². The van der Waals surface area contributed by atoms with Crippen LogP contribution in [0.15, 0.2) is 75.1 Å². The Labute approximate surface area is 177 Å². The molecule has 0 aliphatic rings. The van der Waals surface area contributed by atoms with Crippen LogP contribution in [0.25, 0.3) is 0 Å². The number of nitrogens with zero attached hydrogens (tertiary/aromatic N) is 1. The molecule has 0 aliphatic carbocycles. The Morgan fingerprint density at radius 3 is 2.24 bits per heavy atom. The fourth-order valence-electron chi connectivity index (χ4n) is 2.24. The van der Waals surface area contributed by atoms with Crippen LogP contribution in [-0.2, 0) is 16.6 Å². The fourth-order valence-corrected chi connectivity index (χ4v) is 3.49. The molecule has 0 saturated heterocycles. The van der Waals surface area contributed by atoms with Crippen molar-refractivity contribution in [3.63, 3.8) is 0 Å². The highest BCUT2D eigenvalue weighted by molar-refractivity contribution is 7.89. The second-order valence-corrected chi connectivity index (χ2v) is 8.43. The van der Waals surface area contributed by atoms with Crippen molar-refractivity contribution in [2.24, 2.45) is 5.10 Å². The van der Waals surface area contributed by atoms with Crippen molar-refractivity contribution in [1.29, 1.82) is 0 Å². The highest BCUT2D eigenvalue weighted by atomic mass is 35.5. The standard InChI is InChI=1S/C19H15Cl2N3O4S/c20-14-3-1-13(2-4-14)19(25)24-22-11-16-7-8-17(28-16)12-23-29(26,27)18-9-5-15(21)6-10-18/h1-11,23H,12H2,(H,24,25)/b22-11-. The van der Waals surface area contributed by atoms with E-state index in [1.807, 2.05) is 0 Å². The lowest BCUT2D eigenvalue weighted by Crippen LogP contribution is -2.22. The van der Waals surface area contributed by atoms with Crippen LogP contribution in [-0.4, -0.2) is 20.5 Å². The summed E-state index contributed by atoms with van der Waals surface area (Å²) in [6.07, 6.45) is 1.31. The third kappa shape index (κ3) is 5.91. The summed E-state index contributed by atoms with van der Waals surface area (Å²) in [6, 6.07) is 15.4. The smallest absolute Gasteiger partial charge is 0.271 e. The molecule has 0 aliphatic heterocycles. The molecule has 10 heteroatoms. The van der Waals surface area contributed by atoms with Crippen LogP contribution in [0.3, 0.4) is 0 Å². The van der Waals surface area contributed by atoms with Crippen LogP contribution in [0.5, 0.6) is 0 Å². The highest BCUT2D eigenvalue weighted by Crippen LogP contribution is 2.15. The second-order valence-electron chi connectivity index (χ2n) is 5.79. The number of hydrogen-bond donors (Lipinski definition) is 2. The van der Waals surface area contributed by atoms with Gasteiger partial charge in [0.25, 0.3) is 5.91 Å². The van der Waals surface area contributed by atoms with Crippen LogP contribution in [0, 0.1) is 0 Å². The van der Waals surface area contributed by atoms with Gasteiger partial charge in [0.1, 0.15) is 11.5 Å². The molecule has 0 spiro atoms. The van der Waals surface area contributed by atoms with Gasteiger partial charge in [0.05, 0.1) is 17.7 Å². The molecule has 29 heavy (non-hydrogen) atoms. The first-order valence-electron chi connectivity index (χ1n) is 8.26. The molecule has 0 unspecified atom stereocenters. The van der Waals surface area contributed by atoms with E-state index in [-0.39, 0.29) is 11.4 Å². The molecule has 150 valence electrons. The van der Waals surface area contributed by atoms with Crippen LogP contribution < -0.4 is 10.1 Å². The quantitative estimate of drug-likeness (QED) is 0.420. The number of rotatable bonds is 7. The third-order valence-corrected chi connectivity index (χ3v) is 5.63. The third-order valence-electron chi connectivity index (χ3n) is 3.71. The minimum Gasteiger partial charge on any atom is -0.459 e. The number of benzene rings is 2. The second kappa shape index (κ2) is 9.23. The Hall–Kier alpha value is -2.65. The highest BCUT2D eigenvalue weighted by Gasteiger charge is 2.14. The summed E-state index contributed by atoms with van der Waals surface area (Å²) < 4.78 is 32.4. The molecular formula is C19H15Cl2N3O4S. The Morgan fingerprint density at radius 2 is 1.59 bits per heavy atom. The largest absolute Gasteiger partial charge is 0.459 e. The number of hydrogen-bond acceptors (Lipinski definition) is 5. The molecule has 0 fully saturated rings. The Balaban J connectivity index is 1.55. The maximum Gasteiger partial charge on any atom is 0.271 e. The Bertz CT molecular complexity index is 1130. The monoisotopic (exact) mass is 451 g/mol. The van der Waals surface area contributed by atoms with Gasteiger partial charge in [-0.1, -0.05) is 23.2 Å². The zero-order chi connectivity index (χ0) is 20.9. The van der Waals surface area contributed by atoms with Gasteiger partial charge in [-0.05, 0) is 60.7 Å². The van der Waals surface area contributed by atoms with Gasteiger partial charge in [-0.2, -0.15) is 5.10 Å². The number of amides is 1. The van der Waals surface area contributed by atoms with Gasteiger partial charge < -0.3 is 4.42 Å². The van der Waals surface area contributed by atoms with E-state index in [4.69, 9.17) is 27.6 Å². The molecule has 1 heterocycles. The average molecular weight is 452 g/mol. The number of carbonyl (C=O) groups excluding carboxylic acids is 1. The van der Waals surface area contributed by atoms with E-state index in [2.05, 4.69) is 15.2 Å². The van der Waals surface area contributed by atoms with E-state index >= 15 is 0 Å². The molecule has 3 aromatic rings. The number of halogens is 2. The molecular weight excluding hydrogens is 437 g/mol. The maximum atomic E-state index is 12.2. The molecule has 2 N–H and O–H groups in total. The van der Waals surface area contributed by atoms with Crippen LogP contribution in [0.4, 0.5) is 0 Å². The van der Waals surface area contributed by atoms with Crippen molar-refractivity contribution in [2.75, 3.05) is 0 Å². The zero-order valence-electron chi connectivity index (χ0n) is 14.8. The zero-order valence-corrected chi connectivity index (χ0v) is 17.1. The number of nitrogens with one attached hydrogen (secondary N) is 2. The molecule has 0 bridgehead atoms. The summed E-state index contributed by atoms with van der Waals surface area (Å²) in [6.45, 7) is -0.0457. The number of sulfonamides is 1. The first-order chi connectivity index (χ1) is 13.8. The molecule has 0 atom stereocenters. The number of carbonyl (C=O) groups is 1. The lowest BCUT2D eigenvalue weighted by molar-refractivity contribution is 0.0955. The minimum absolute atomic E-state index is 0.0457. The summed E-state index contributed by atoms with van der Waals surface area (Å²) in [5.41, 5.74) is 2.77. The number of hydrazone groups is 1. The van der Waals surface area contributed by atoms with Gasteiger partial charge in [-0.25, -0.2) is 18.6 Å². The Kier molecular flexibility index (Phi) is 6.71. The average Bonchev–Trinajstić information content (AvgIpc) is 3.15. The summed E-state index contributed by atoms with van der Waals surface area (Å²) in [4.78, 5) is 12.0. The predicted octanol–water partition coefficient (Wildman–Crippen LogP) is 3.83. The van der Waals surface area contributed by atoms with E-state index in [0.29, 0.717) is 27.1 Å². The van der Waals surface area contributed by atoms with Crippen LogP contribution >= 0.6 is 23.2 Å². The van der Waals surface area contributed by atoms with Gasteiger partial charge in [-0.3, -0.25) is 4.79 Å². The van der Waals surface area contributed by atoms with E-state index in [1.54, 1.807) is 36.4 Å². The number of furan rings is 1. The van der Waals surface area contributed by atoms with Crippen LogP contribution in [0.1, 0.15) is 21.9 Å². The Morgan fingerprint density at radius 1 is 0.966 bits per heavy atom. The first kappa shape index (κ1) is 21.1. The van der Waals surface area contributed by atoms with Crippen molar-refractivity contribution in [1.82, 2.24) is 10.1 Å². The summed E-state index contributed by atoms with van der Waals surface area (Å²) in [7, 11) is -3.70.